The van der Waals surface area contributed by atoms with Crippen molar-refractivity contribution in [3.8, 4) is 11.3 Å². The summed E-state index contributed by atoms with van der Waals surface area (Å²) >= 11 is 0. The Morgan fingerprint density at radius 3 is 2.48 bits per heavy atom. The summed E-state index contributed by atoms with van der Waals surface area (Å²) in [4.78, 5) is 27.0. The summed E-state index contributed by atoms with van der Waals surface area (Å²) in [6, 6.07) is 11.8. The van der Waals surface area contributed by atoms with Crippen LogP contribution in [0.15, 0.2) is 36.4 Å². The standard InChI is InChI=1S/C23H30N4O2/c28-22(15-17-7-3-1-4-8-17)24-19-11-13-27(14-12-19)23(29)21-16-20(25-26-21)18-9-5-2-6-10-18/h2,5-6,9-10,16-17,19H,1,3-4,7-8,11-15H2,(H,24,28)(H,25,26). The highest BCUT2D eigenvalue weighted by atomic mass is 16.2. The van der Waals surface area contributed by atoms with E-state index in [1.54, 1.807) is 0 Å². The minimum absolute atomic E-state index is 0.0216. The average molecular weight is 395 g/mol. The normalized spacial score (nSPS) is 18.6. The number of carbonyl (C=O) groups is 2. The fourth-order valence-corrected chi connectivity index (χ4v) is 4.53. The summed E-state index contributed by atoms with van der Waals surface area (Å²) in [5.74, 6) is 0.721. The first kappa shape index (κ1) is 19.7. The monoisotopic (exact) mass is 394 g/mol. The Bertz CT molecular complexity index is 818. The molecule has 2 aliphatic rings. The van der Waals surface area contributed by atoms with E-state index >= 15 is 0 Å². The summed E-state index contributed by atoms with van der Waals surface area (Å²) in [5, 5.41) is 10.4. The first-order valence-corrected chi connectivity index (χ1v) is 10.9. The molecule has 2 N–H and O–H groups in total. The van der Waals surface area contributed by atoms with Gasteiger partial charge in [-0.25, -0.2) is 0 Å². The van der Waals surface area contributed by atoms with Crippen LogP contribution in [-0.2, 0) is 4.79 Å². The third-order valence-corrected chi connectivity index (χ3v) is 6.22. The molecule has 0 bridgehead atoms. The molecule has 1 saturated carbocycles. The van der Waals surface area contributed by atoms with Crippen molar-refractivity contribution in [3.05, 3.63) is 42.1 Å². The minimum Gasteiger partial charge on any atom is -0.353 e. The summed E-state index contributed by atoms with van der Waals surface area (Å²) in [6.45, 7) is 1.32. The lowest BCUT2D eigenvalue weighted by Gasteiger charge is -2.32. The lowest BCUT2D eigenvalue weighted by Crippen LogP contribution is -2.46. The number of carbonyl (C=O) groups excluding carboxylic acids is 2. The lowest BCUT2D eigenvalue weighted by molar-refractivity contribution is -0.123. The number of aromatic nitrogens is 2. The summed E-state index contributed by atoms with van der Waals surface area (Å²) < 4.78 is 0. The summed E-state index contributed by atoms with van der Waals surface area (Å²) in [5.41, 5.74) is 2.28. The van der Waals surface area contributed by atoms with Crippen molar-refractivity contribution in [3.63, 3.8) is 0 Å². The smallest absolute Gasteiger partial charge is 0.271 e. The zero-order chi connectivity index (χ0) is 20.1. The van der Waals surface area contributed by atoms with Crippen molar-refractivity contribution in [1.29, 1.82) is 0 Å². The van der Waals surface area contributed by atoms with Gasteiger partial charge in [0.25, 0.3) is 5.91 Å². The average Bonchev–Trinajstić information content (AvgIpc) is 3.25. The highest BCUT2D eigenvalue weighted by molar-refractivity contribution is 5.93. The predicted octanol–water partition coefficient (Wildman–Crippen LogP) is 3.77. The third-order valence-electron chi connectivity index (χ3n) is 6.22. The van der Waals surface area contributed by atoms with Gasteiger partial charge in [0.05, 0.1) is 5.69 Å². The molecule has 1 saturated heterocycles. The number of nitrogens with one attached hydrogen (secondary N) is 2. The second-order valence-corrected chi connectivity index (χ2v) is 8.38. The molecule has 2 fully saturated rings. The molecular formula is C23H30N4O2. The van der Waals surface area contributed by atoms with Gasteiger partial charge in [-0.3, -0.25) is 14.7 Å². The van der Waals surface area contributed by atoms with Crippen LogP contribution in [0.25, 0.3) is 11.3 Å². The highest BCUT2D eigenvalue weighted by Crippen LogP contribution is 2.26. The van der Waals surface area contributed by atoms with Gasteiger partial charge in [0, 0.05) is 31.1 Å². The number of amides is 2. The number of hydrogen-bond acceptors (Lipinski definition) is 3. The third kappa shape index (κ3) is 5.05. The number of likely N-dealkylation sites (tertiary alicyclic amines) is 1. The Hall–Kier alpha value is -2.63. The van der Waals surface area contributed by atoms with Crippen LogP contribution < -0.4 is 5.32 Å². The fourth-order valence-electron chi connectivity index (χ4n) is 4.53. The number of H-pyrrole nitrogens is 1. The van der Waals surface area contributed by atoms with Gasteiger partial charge < -0.3 is 10.2 Å². The van der Waals surface area contributed by atoms with E-state index in [1.165, 1.54) is 32.1 Å². The highest BCUT2D eigenvalue weighted by Gasteiger charge is 2.26. The van der Waals surface area contributed by atoms with Gasteiger partial charge in [-0.15, -0.1) is 0 Å². The molecule has 6 heteroatoms. The Labute approximate surface area is 172 Å². The second-order valence-electron chi connectivity index (χ2n) is 8.38. The number of nitrogens with zero attached hydrogens (tertiary/aromatic N) is 2. The number of rotatable bonds is 5. The fraction of sp³-hybridized carbons (Fsp3) is 0.522. The van der Waals surface area contributed by atoms with Gasteiger partial charge in [0.2, 0.25) is 5.91 Å². The molecular weight excluding hydrogens is 364 g/mol. The first-order valence-electron chi connectivity index (χ1n) is 10.9. The molecule has 1 aromatic carbocycles. The van der Waals surface area contributed by atoms with E-state index in [-0.39, 0.29) is 17.9 Å². The molecule has 0 radical (unpaired) electrons. The van der Waals surface area contributed by atoms with Crippen molar-refractivity contribution in [2.45, 2.75) is 57.4 Å². The van der Waals surface area contributed by atoms with E-state index in [1.807, 2.05) is 41.3 Å². The van der Waals surface area contributed by atoms with Gasteiger partial charge in [-0.05, 0) is 37.7 Å². The van der Waals surface area contributed by atoms with Gasteiger partial charge >= 0.3 is 0 Å². The van der Waals surface area contributed by atoms with E-state index < -0.39 is 0 Å². The Morgan fingerprint density at radius 1 is 1.03 bits per heavy atom. The van der Waals surface area contributed by atoms with E-state index in [4.69, 9.17) is 0 Å². The number of benzene rings is 1. The zero-order valence-corrected chi connectivity index (χ0v) is 16.9. The number of piperidine rings is 1. The van der Waals surface area contributed by atoms with Gasteiger partial charge in [0.1, 0.15) is 5.69 Å². The van der Waals surface area contributed by atoms with Gasteiger partial charge in [0.15, 0.2) is 0 Å². The molecule has 6 nitrogen and oxygen atoms in total. The summed E-state index contributed by atoms with van der Waals surface area (Å²) in [6.07, 6.45) is 8.49. The Morgan fingerprint density at radius 2 is 1.76 bits per heavy atom. The SMILES string of the molecule is O=C(CC1CCCCC1)NC1CCN(C(=O)c2cc(-c3ccccc3)n[nH]2)CC1. The zero-order valence-electron chi connectivity index (χ0n) is 16.9. The number of hydrogen-bond donors (Lipinski definition) is 2. The van der Waals surface area contributed by atoms with E-state index in [2.05, 4.69) is 15.5 Å². The first-order chi connectivity index (χ1) is 14.2. The molecule has 2 amide bonds. The maximum atomic E-state index is 12.8. The second kappa shape index (κ2) is 9.25. The molecule has 1 aliphatic carbocycles. The Kier molecular flexibility index (Phi) is 6.27. The molecule has 0 unspecified atom stereocenters. The topological polar surface area (TPSA) is 78.1 Å². The van der Waals surface area contributed by atoms with Gasteiger partial charge in [-0.2, -0.15) is 5.10 Å². The predicted molar refractivity (Wildman–Crippen MR) is 112 cm³/mol. The van der Waals surface area contributed by atoms with Crippen molar-refractivity contribution >= 4 is 11.8 Å². The molecule has 1 aliphatic heterocycles. The van der Waals surface area contributed by atoms with Crippen LogP contribution in [-0.4, -0.2) is 46.0 Å². The molecule has 0 spiro atoms. The Balaban J connectivity index is 1.25. The van der Waals surface area contributed by atoms with Crippen molar-refractivity contribution in [2.75, 3.05) is 13.1 Å². The number of aromatic amines is 1. The van der Waals surface area contributed by atoms with Crippen molar-refractivity contribution in [2.24, 2.45) is 5.92 Å². The van der Waals surface area contributed by atoms with Crippen LogP contribution in [0.4, 0.5) is 0 Å². The molecule has 2 aromatic rings. The molecule has 1 aromatic heterocycles. The van der Waals surface area contributed by atoms with Gasteiger partial charge in [-0.1, -0.05) is 49.6 Å². The molecule has 2 heterocycles. The van der Waals surface area contributed by atoms with Crippen LogP contribution >= 0.6 is 0 Å². The summed E-state index contributed by atoms with van der Waals surface area (Å²) in [7, 11) is 0. The van der Waals surface area contributed by atoms with Crippen molar-refractivity contribution < 1.29 is 9.59 Å². The molecule has 154 valence electrons. The van der Waals surface area contributed by atoms with Crippen LogP contribution in [0.5, 0.6) is 0 Å². The van der Waals surface area contributed by atoms with E-state index in [9.17, 15) is 9.59 Å². The maximum Gasteiger partial charge on any atom is 0.271 e. The largest absolute Gasteiger partial charge is 0.353 e. The quantitative estimate of drug-likeness (QED) is 0.810. The van der Waals surface area contributed by atoms with Crippen molar-refractivity contribution in [1.82, 2.24) is 20.4 Å². The lowest BCUT2D eigenvalue weighted by atomic mass is 9.86. The molecule has 29 heavy (non-hydrogen) atoms. The van der Waals surface area contributed by atoms with Crippen LogP contribution in [0.3, 0.4) is 0 Å². The molecule has 4 rings (SSSR count). The van der Waals surface area contributed by atoms with Crippen LogP contribution in [0.2, 0.25) is 0 Å². The van der Waals surface area contributed by atoms with E-state index in [0.717, 1.165) is 24.1 Å². The van der Waals surface area contributed by atoms with Crippen LogP contribution in [0, 0.1) is 5.92 Å². The maximum absolute atomic E-state index is 12.8. The molecule has 0 atom stereocenters. The van der Waals surface area contributed by atoms with Crippen LogP contribution in [0.1, 0.15) is 61.9 Å². The van der Waals surface area contributed by atoms with E-state index in [0.29, 0.717) is 31.1 Å². The minimum atomic E-state index is -0.0216.